The summed E-state index contributed by atoms with van der Waals surface area (Å²) in [6.45, 7) is 6.92. The Kier molecular flexibility index (Phi) is 3.91. The number of carbonyl (C=O) groups excluding carboxylic acids is 2. The van der Waals surface area contributed by atoms with Crippen LogP contribution in [0.25, 0.3) is 0 Å². The van der Waals surface area contributed by atoms with Crippen LogP contribution in [0.15, 0.2) is 42.6 Å². The second-order valence-corrected chi connectivity index (χ2v) is 7.64. The molecule has 0 bridgehead atoms. The van der Waals surface area contributed by atoms with Crippen molar-refractivity contribution in [2.45, 2.75) is 46.0 Å². The molecule has 1 aromatic carbocycles. The lowest BCUT2D eigenvalue weighted by atomic mass is 9.66. The lowest BCUT2D eigenvalue weighted by Crippen LogP contribution is -2.50. The molecule has 1 heterocycles. The Hall–Kier alpha value is -1.90. The number of benzene rings is 1. The van der Waals surface area contributed by atoms with Crippen molar-refractivity contribution < 1.29 is 9.59 Å². The first kappa shape index (κ1) is 16.0. The van der Waals surface area contributed by atoms with Crippen molar-refractivity contribution in [3.05, 3.63) is 48.2 Å². The molecule has 3 rings (SSSR count). The lowest BCUT2D eigenvalue weighted by molar-refractivity contribution is -0.148. The Morgan fingerprint density at radius 1 is 1.17 bits per heavy atom. The summed E-state index contributed by atoms with van der Waals surface area (Å²) in [6.07, 6.45) is 5.94. The van der Waals surface area contributed by atoms with E-state index in [4.69, 9.17) is 0 Å². The maximum Gasteiger partial charge on any atom is 0.241 e. The number of rotatable bonds is 3. The number of carbonyl (C=O) groups is 2. The van der Waals surface area contributed by atoms with E-state index < -0.39 is 5.41 Å². The van der Waals surface area contributed by atoms with Gasteiger partial charge in [0.1, 0.15) is 11.2 Å². The molecule has 1 fully saturated rings. The molecule has 1 saturated carbocycles. The van der Waals surface area contributed by atoms with Crippen LogP contribution in [0, 0.1) is 10.8 Å². The first-order valence-corrected chi connectivity index (χ1v) is 8.48. The Balaban J connectivity index is 2.12. The number of ketones is 1. The second kappa shape index (κ2) is 5.63. The summed E-state index contributed by atoms with van der Waals surface area (Å²) >= 11 is 0. The van der Waals surface area contributed by atoms with Crippen LogP contribution in [-0.2, 0) is 9.59 Å². The number of amides is 1. The normalized spacial score (nSPS) is 29.5. The Morgan fingerprint density at radius 3 is 2.43 bits per heavy atom. The van der Waals surface area contributed by atoms with E-state index in [0.29, 0.717) is 19.4 Å². The third-order valence-corrected chi connectivity index (χ3v) is 5.15. The van der Waals surface area contributed by atoms with Crippen molar-refractivity contribution in [3.63, 3.8) is 0 Å². The molecule has 0 saturated heterocycles. The summed E-state index contributed by atoms with van der Waals surface area (Å²) in [5.41, 5.74) is 0.0109. The fraction of sp³-hybridized carbons (Fsp3) is 0.500. The predicted molar refractivity (Wildman–Crippen MR) is 90.8 cm³/mol. The van der Waals surface area contributed by atoms with Crippen LogP contribution >= 0.6 is 0 Å². The largest absolute Gasteiger partial charge is 0.318 e. The van der Waals surface area contributed by atoms with Crippen LogP contribution in [-0.4, -0.2) is 23.1 Å². The lowest BCUT2D eigenvalue weighted by Gasteiger charge is -2.41. The third kappa shape index (κ3) is 2.52. The maximum absolute atomic E-state index is 13.3. The highest BCUT2D eigenvalue weighted by molar-refractivity contribution is 6.10. The minimum atomic E-state index is -0.922. The smallest absolute Gasteiger partial charge is 0.241 e. The van der Waals surface area contributed by atoms with Gasteiger partial charge in [-0.3, -0.25) is 9.59 Å². The summed E-state index contributed by atoms with van der Waals surface area (Å²) in [5.74, 6) is -0.0586. The van der Waals surface area contributed by atoms with Crippen LogP contribution in [0.1, 0.15) is 51.5 Å². The van der Waals surface area contributed by atoms with Gasteiger partial charge in [0.25, 0.3) is 0 Å². The molecule has 1 amide bonds. The number of allylic oxidation sites excluding steroid dienone is 1. The number of Topliss-reactive ketones (excluding diaryl/α,β-unsaturated/α-hetero) is 1. The summed E-state index contributed by atoms with van der Waals surface area (Å²) in [4.78, 5) is 28.1. The Morgan fingerprint density at radius 2 is 1.87 bits per heavy atom. The SMILES string of the molecule is CCCN1C=C[C@H](c2ccccc2)[C@@]2(CC(C)(C)CC2=O)C1=O. The topological polar surface area (TPSA) is 37.4 Å². The van der Waals surface area contributed by atoms with Gasteiger partial charge >= 0.3 is 0 Å². The van der Waals surface area contributed by atoms with Crippen LogP contribution in [0.3, 0.4) is 0 Å². The van der Waals surface area contributed by atoms with Crippen molar-refractivity contribution in [2.75, 3.05) is 6.54 Å². The summed E-state index contributed by atoms with van der Waals surface area (Å²) in [6, 6.07) is 9.97. The highest BCUT2D eigenvalue weighted by Gasteiger charge is 2.61. The first-order valence-electron chi connectivity index (χ1n) is 8.48. The van der Waals surface area contributed by atoms with Crippen LogP contribution in [0.4, 0.5) is 0 Å². The zero-order valence-corrected chi connectivity index (χ0v) is 14.2. The van der Waals surface area contributed by atoms with Crippen molar-refractivity contribution in [2.24, 2.45) is 10.8 Å². The molecule has 1 aromatic rings. The highest BCUT2D eigenvalue weighted by Crippen LogP contribution is 2.56. The molecule has 1 aliphatic heterocycles. The van der Waals surface area contributed by atoms with Gasteiger partial charge in [0.05, 0.1) is 0 Å². The molecule has 0 aromatic heterocycles. The number of hydrogen-bond donors (Lipinski definition) is 0. The maximum atomic E-state index is 13.3. The average molecular weight is 311 g/mol. The van der Waals surface area contributed by atoms with Crippen molar-refractivity contribution in [3.8, 4) is 0 Å². The molecule has 2 atom stereocenters. The molecule has 1 spiro atoms. The minimum Gasteiger partial charge on any atom is -0.318 e. The number of hydrogen-bond acceptors (Lipinski definition) is 2. The van der Waals surface area contributed by atoms with Gasteiger partial charge in [-0.1, -0.05) is 57.2 Å². The molecule has 0 radical (unpaired) electrons. The van der Waals surface area contributed by atoms with Gasteiger partial charge in [-0.05, 0) is 23.8 Å². The molecule has 3 heteroatoms. The van der Waals surface area contributed by atoms with E-state index in [1.165, 1.54) is 0 Å². The van der Waals surface area contributed by atoms with Gasteiger partial charge in [0.15, 0.2) is 0 Å². The zero-order valence-electron chi connectivity index (χ0n) is 14.2. The molecule has 0 unspecified atom stereocenters. The van der Waals surface area contributed by atoms with Gasteiger partial charge < -0.3 is 4.90 Å². The molecule has 3 nitrogen and oxygen atoms in total. The number of nitrogens with zero attached hydrogens (tertiary/aromatic N) is 1. The average Bonchev–Trinajstić information content (AvgIpc) is 2.75. The van der Waals surface area contributed by atoms with E-state index in [9.17, 15) is 9.59 Å². The van der Waals surface area contributed by atoms with Crippen LogP contribution < -0.4 is 0 Å². The van der Waals surface area contributed by atoms with Crippen molar-refractivity contribution in [1.29, 1.82) is 0 Å². The van der Waals surface area contributed by atoms with Crippen molar-refractivity contribution >= 4 is 11.7 Å². The molecule has 1 aliphatic carbocycles. The standard InChI is InChI=1S/C20H25NO2/c1-4-11-21-12-10-16(15-8-6-5-7-9-15)20(18(21)23)14-19(2,3)13-17(20)22/h5-10,12,16H,4,11,13-14H2,1-3H3/t16-,20-/m1/s1. The quantitative estimate of drug-likeness (QED) is 0.794. The second-order valence-electron chi connectivity index (χ2n) is 7.64. The molecular formula is C20H25NO2. The fourth-order valence-electron chi connectivity index (χ4n) is 4.27. The van der Waals surface area contributed by atoms with E-state index in [0.717, 1.165) is 12.0 Å². The van der Waals surface area contributed by atoms with E-state index in [1.807, 2.05) is 36.5 Å². The van der Waals surface area contributed by atoms with Crippen LogP contribution in [0.5, 0.6) is 0 Å². The van der Waals surface area contributed by atoms with E-state index in [-0.39, 0.29) is 23.0 Å². The monoisotopic (exact) mass is 311 g/mol. The molecule has 122 valence electrons. The molecular weight excluding hydrogens is 286 g/mol. The van der Waals surface area contributed by atoms with Gasteiger partial charge in [-0.2, -0.15) is 0 Å². The Labute approximate surface area is 138 Å². The van der Waals surface area contributed by atoms with Gasteiger partial charge in [0.2, 0.25) is 5.91 Å². The third-order valence-electron chi connectivity index (χ3n) is 5.15. The van der Waals surface area contributed by atoms with Gasteiger partial charge in [-0.25, -0.2) is 0 Å². The zero-order chi connectivity index (χ0) is 16.7. The van der Waals surface area contributed by atoms with Crippen molar-refractivity contribution in [1.82, 2.24) is 4.90 Å². The van der Waals surface area contributed by atoms with Gasteiger partial charge in [-0.15, -0.1) is 0 Å². The fourth-order valence-corrected chi connectivity index (χ4v) is 4.27. The van der Waals surface area contributed by atoms with Gasteiger partial charge in [0, 0.05) is 25.1 Å². The molecule has 2 aliphatic rings. The molecule has 0 N–H and O–H groups in total. The van der Waals surface area contributed by atoms with E-state index in [2.05, 4.69) is 26.8 Å². The van der Waals surface area contributed by atoms with E-state index in [1.54, 1.807) is 4.90 Å². The summed E-state index contributed by atoms with van der Waals surface area (Å²) in [7, 11) is 0. The van der Waals surface area contributed by atoms with Crippen LogP contribution in [0.2, 0.25) is 0 Å². The summed E-state index contributed by atoms with van der Waals surface area (Å²) < 4.78 is 0. The summed E-state index contributed by atoms with van der Waals surface area (Å²) in [5, 5.41) is 0. The highest BCUT2D eigenvalue weighted by atomic mass is 16.2. The predicted octanol–water partition coefficient (Wildman–Crippen LogP) is 3.91. The van der Waals surface area contributed by atoms with E-state index >= 15 is 0 Å². The molecule has 23 heavy (non-hydrogen) atoms. The minimum absolute atomic E-state index is 0.00808. The first-order chi connectivity index (χ1) is 10.9. The Bertz CT molecular complexity index is 647.